The van der Waals surface area contributed by atoms with Gasteiger partial charge in [0.25, 0.3) is 5.91 Å². The number of rotatable bonds is 6. The van der Waals surface area contributed by atoms with Crippen molar-refractivity contribution in [1.29, 1.82) is 0 Å². The summed E-state index contributed by atoms with van der Waals surface area (Å²) in [4.78, 5) is 34.0. The van der Waals surface area contributed by atoms with Crippen LogP contribution in [0.1, 0.15) is 24.2 Å². The Morgan fingerprint density at radius 2 is 1.95 bits per heavy atom. The first-order valence-electron chi connectivity index (χ1n) is 6.35. The fourth-order valence-electron chi connectivity index (χ4n) is 1.91. The molecule has 4 N–H and O–H groups in total. The van der Waals surface area contributed by atoms with Gasteiger partial charge in [-0.2, -0.15) is 0 Å². The molecule has 0 aliphatic carbocycles. The van der Waals surface area contributed by atoms with Gasteiger partial charge in [0.1, 0.15) is 17.3 Å². The largest absolute Gasteiger partial charge is 0.383 e. The number of nitrogens with two attached hydrogens (primary N) is 1. The number of nitrogens with zero attached hydrogens (tertiary/aromatic N) is 1. The molecule has 0 aliphatic heterocycles. The van der Waals surface area contributed by atoms with Crippen molar-refractivity contribution in [2.24, 2.45) is 11.7 Å². The van der Waals surface area contributed by atoms with Crippen LogP contribution in [0.2, 0.25) is 0 Å². The van der Waals surface area contributed by atoms with Crippen LogP contribution in [-0.2, 0) is 4.79 Å². The summed E-state index contributed by atoms with van der Waals surface area (Å²) in [7, 11) is 1.52. The Kier molecular flexibility index (Phi) is 5.23. The van der Waals surface area contributed by atoms with Gasteiger partial charge in [-0.15, -0.1) is 0 Å². The van der Waals surface area contributed by atoms with Crippen molar-refractivity contribution in [2.45, 2.75) is 19.9 Å². The fraction of sp³-hybridized carbons (Fsp3) is 0.385. The van der Waals surface area contributed by atoms with Gasteiger partial charge in [-0.1, -0.05) is 19.9 Å². The van der Waals surface area contributed by atoms with E-state index in [1.54, 1.807) is 13.8 Å². The van der Waals surface area contributed by atoms with E-state index in [9.17, 15) is 19.7 Å². The van der Waals surface area contributed by atoms with Crippen LogP contribution in [0.4, 0.5) is 11.4 Å². The number of nitro groups is 1. The third kappa shape index (κ3) is 3.68. The first-order chi connectivity index (χ1) is 9.79. The highest BCUT2D eigenvalue weighted by molar-refractivity contribution is 6.02. The van der Waals surface area contributed by atoms with Gasteiger partial charge < -0.3 is 16.4 Å². The van der Waals surface area contributed by atoms with Gasteiger partial charge in [0.15, 0.2) is 0 Å². The highest BCUT2D eigenvalue weighted by atomic mass is 16.6. The van der Waals surface area contributed by atoms with E-state index < -0.39 is 22.8 Å². The summed E-state index contributed by atoms with van der Waals surface area (Å²) in [5.41, 5.74) is 4.96. The highest BCUT2D eigenvalue weighted by Crippen LogP contribution is 2.28. The lowest BCUT2D eigenvalue weighted by molar-refractivity contribution is -0.384. The maximum absolute atomic E-state index is 12.2. The third-order valence-corrected chi connectivity index (χ3v) is 2.99. The van der Waals surface area contributed by atoms with Crippen molar-refractivity contribution in [3.8, 4) is 0 Å². The van der Waals surface area contributed by atoms with E-state index in [2.05, 4.69) is 10.6 Å². The first kappa shape index (κ1) is 16.4. The van der Waals surface area contributed by atoms with Crippen molar-refractivity contribution in [3.63, 3.8) is 0 Å². The number of anilines is 1. The molecular weight excluding hydrogens is 276 g/mol. The van der Waals surface area contributed by atoms with E-state index in [1.165, 1.54) is 25.2 Å². The minimum Gasteiger partial charge on any atom is -0.383 e. The quantitative estimate of drug-likeness (QED) is 0.530. The van der Waals surface area contributed by atoms with Crippen LogP contribution in [0.15, 0.2) is 18.2 Å². The second-order valence-electron chi connectivity index (χ2n) is 4.81. The molecule has 0 saturated heterocycles. The van der Waals surface area contributed by atoms with Gasteiger partial charge in [0.05, 0.1) is 4.92 Å². The van der Waals surface area contributed by atoms with E-state index in [4.69, 9.17) is 5.73 Å². The Balaban J connectivity index is 3.19. The Morgan fingerprint density at radius 3 is 2.38 bits per heavy atom. The molecule has 2 amide bonds. The zero-order chi connectivity index (χ0) is 16.2. The van der Waals surface area contributed by atoms with E-state index in [-0.39, 0.29) is 22.9 Å². The summed E-state index contributed by atoms with van der Waals surface area (Å²) in [6, 6.07) is 3.44. The van der Waals surface area contributed by atoms with Gasteiger partial charge in [0, 0.05) is 7.05 Å². The second kappa shape index (κ2) is 6.69. The number of benzene rings is 1. The van der Waals surface area contributed by atoms with E-state index in [0.29, 0.717) is 0 Å². The van der Waals surface area contributed by atoms with Crippen molar-refractivity contribution in [2.75, 3.05) is 12.4 Å². The zero-order valence-corrected chi connectivity index (χ0v) is 12.0. The number of nitrogens with one attached hydrogen (secondary N) is 2. The molecule has 0 fully saturated rings. The predicted octanol–water partition coefficient (Wildman–Crippen LogP) is 0.876. The van der Waals surface area contributed by atoms with Crippen LogP contribution < -0.4 is 16.4 Å². The number of primary amides is 1. The lowest BCUT2D eigenvalue weighted by Gasteiger charge is -2.19. The average Bonchev–Trinajstić information content (AvgIpc) is 2.42. The molecule has 8 nitrogen and oxygen atoms in total. The van der Waals surface area contributed by atoms with Crippen LogP contribution in [0.25, 0.3) is 0 Å². The maximum atomic E-state index is 12.2. The van der Waals surface area contributed by atoms with Gasteiger partial charge in [-0.05, 0) is 18.1 Å². The molecule has 114 valence electrons. The monoisotopic (exact) mass is 294 g/mol. The predicted molar refractivity (Wildman–Crippen MR) is 77.9 cm³/mol. The summed E-state index contributed by atoms with van der Waals surface area (Å²) in [5, 5.41) is 16.2. The van der Waals surface area contributed by atoms with Gasteiger partial charge in [-0.3, -0.25) is 19.7 Å². The van der Waals surface area contributed by atoms with Crippen molar-refractivity contribution in [1.82, 2.24) is 5.32 Å². The standard InChI is InChI=1S/C13H18N4O4/c1-7(2)10(12(14)18)16-13(19)8-5-4-6-9(15-3)11(8)17(20)21/h4-7,10,15H,1-3H3,(H2,14,18)(H,16,19). The van der Waals surface area contributed by atoms with Gasteiger partial charge in [-0.25, -0.2) is 0 Å². The topological polar surface area (TPSA) is 127 Å². The van der Waals surface area contributed by atoms with E-state index in [1.807, 2.05) is 0 Å². The molecule has 0 aromatic heterocycles. The lowest BCUT2D eigenvalue weighted by atomic mass is 10.0. The number of carbonyl (C=O) groups is 2. The molecule has 1 rings (SSSR count). The first-order valence-corrected chi connectivity index (χ1v) is 6.35. The highest BCUT2D eigenvalue weighted by Gasteiger charge is 2.28. The zero-order valence-electron chi connectivity index (χ0n) is 12.0. The number of amides is 2. The number of para-hydroxylation sites is 1. The molecule has 0 bridgehead atoms. The molecule has 0 heterocycles. The number of hydrogen-bond acceptors (Lipinski definition) is 5. The molecule has 0 spiro atoms. The van der Waals surface area contributed by atoms with Crippen LogP contribution in [0.5, 0.6) is 0 Å². The summed E-state index contributed by atoms with van der Waals surface area (Å²) >= 11 is 0. The Morgan fingerprint density at radius 1 is 1.33 bits per heavy atom. The van der Waals surface area contributed by atoms with Crippen LogP contribution in [0.3, 0.4) is 0 Å². The fourth-order valence-corrected chi connectivity index (χ4v) is 1.91. The summed E-state index contributed by atoms with van der Waals surface area (Å²) in [5.74, 6) is -1.62. The van der Waals surface area contributed by atoms with Crippen molar-refractivity contribution < 1.29 is 14.5 Å². The van der Waals surface area contributed by atoms with Gasteiger partial charge in [0.2, 0.25) is 5.91 Å². The van der Waals surface area contributed by atoms with Crippen LogP contribution >= 0.6 is 0 Å². The summed E-state index contributed by atoms with van der Waals surface area (Å²) in [6.45, 7) is 3.43. The molecule has 1 atom stereocenters. The number of hydrogen-bond donors (Lipinski definition) is 3. The molecule has 1 aromatic rings. The number of carbonyl (C=O) groups excluding carboxylic acids is 2. The molecule has 21 heavy (non-hydrogen) atoms. The normalized spacial score (nSPS) is 11.8. The molecule has 0 saturated carbocycles. The Labute approximate surface area is 121 Å². The maximum Gasteiger partial charge on any atom is 0.305 e. The second-order valence-corrected chi connectivity index (χ2v) is 4.81. The molecular formula is C13H18N4O4. The molecule has 1 unspecified atom stereocenters. The Hall–Kier alpha value is -2.64. The molecule has 1 aromatic carbocycles. The van der Waals surface area contributed by atoms with Crippen molar-refractivity contribution in [3.05, 3.63) is 33.9 Å². The van der Waals surface area contributed by atoms with E-state index >= 15 is 0 Å². The van der Waals surface area contributed by atoms with E-state index in [0.717, 1.165) is 0 Å². The molecule has 0 aliphatic rings. The average molecular weight is 294 g/mol. The van der Waals surface area contributed by atoms with Crippen LogP contribution in [-0.4, -0.2) is 29.8 Å². The summed E-state index contributed by atoms with van der Waals surface area (Å²) < 4.78 is 0. The molecule has 0 radical (unpaired) electrons. The smallest absolute Gasteiger partial charge is 0.305 e. The van der Waals surface area contributed by atoms with Gasteiger partial charge >= 0.3 is 5.69 Å². The Bertz CT molecular complexity index is 571. The minimum absolute atomic E-state index is 0.126. The third-order valence-electron chi connectivity index (χ3n) is 2.99. The minimum atomic E-state index is -0.893. The van der Waals surface area contributed by atoms with Crippen molar-refractivity contribution >= 4 is 23.2 Å². The molecule has 8 heteroatoms. The summed E-state index contributed by atoms with van der Waals surface area (Å²) in [6.07, 6.45) is 0. The van der Waals surface area contributed by atoms with Crippen LogP contribution in [0, 0.1) is 16.0 Å². The number of nitro benzene ring substituents is 1. The lowest BCUT2D eigenvalue weighted by Crippen LogP contribution is -2.47. The SMILES string of the molecule is CNc1cccc(C(=O)NC(C(N)=O)C(C)C)c1[N+](=O)[O-].